The number of rotatable bonds is 5. The van der Waals surface area contributed by atoms with E-state index in [0.717, 1.165) is 12.0 Å². The minimum atomic E-state index is -0.384. The monoisotopic (exact) mass is 242 g/mol. The normalized spacial score (nSPS) is 12.4. The van der Waals surface area contributed by atoms with Crippen LogP contribution in [0.1, 0.15) is 18.9 Å². The van der Waals surface area contributed by atoms with Gasteiger partial charge in [-0.1, -0.05) is 17.7 Å². The lowest BCUT2D eigenvalue weighted by Crippen LogP contribution is -2.21. The van der Waals surface area contributed by atoms with E-state index in [1.807, 2.05) is 14.0 Å². The third-order valence-electron chi connectivity index (χ3n) is 2.58. The van der Waals surface area contributed by atoms with Crippen molar-refractivity contribution in [2.75, 3.05) is 7.05 Å². The summed E-state index contributed by atoms with van der Waals surface area (Å²) in [5.74, 6) is 0. The maximum atomic E-state index is 10.8. The van der Waals surface area contributed by atoms with Crippen molar-refractivity contribution in [1.82, 2.24) is 5.32 Å². The van der Waals surface area contributed by atoms with Crippen LogP contribution in [0.2, 0.25) is 5.02 Å². The van der Waals surface area contributed by atoms with Crippen molar-refractivity contribution in [3.8, 4) is 0 Å². The minimum Gasteiger partial charge on any atom is -0.317 e. The predicted octanol–water partition coefficient (Wildman–Crippen LogP) is 2.79. The summed E-state index contributed by atoms with van der Waals surface area (Å²) < 4.78 is 0. The van der Waals surface area contributed by atoms with Crippen molar-refractivity contribution in [3.63, 3.8) is 0 Å². The molecule has 5 heteroatoms. The zero-order chi connectivity index (χ0) is 12.1. The Hall–Kier alpha value is -1.13. The molecule has 0 saturated heterocycles. The van der Waals surface area contributed by atoms with Gasteiger partial charge >= 0.3 is 0 Å². The first-order chi connectivity index (χ1) is 7.54. The molecule has 4 nitrogen and oxygen atoms in total. The maximum Gasteiger partial charge on any atom is 0.274 e. The average molecular weight is 243 g/mol. The van der Waals surface area contributed by atoms with E-state index in [-0.39, 0.29) is 10.6 Å². The summed E-state index contributed by atoms with van der Waals surface area (Å²) in [5, 5.41) is 14.3. The Bertz CT molecular complexity index is 382. The largest absolute Gasteiger partial charge is 0.317 e. The molecule has 1 aromatic rings. The fourth-order valence-corrected chi connectivity index (χ4v) is 1.60. The Balaban J connectivity index is 2.82. The molecule has 0 fully saturated rings. The van der Waals surface area contributed by atoms with Crippen molar-refractivity contribution in [3.05, 3.63) is 38.9 Å². The smallest absolute Gasteiger partial charge is 0.274 e. The highest BCUT2D eigenvalue weighted by Gasteiger charge is 2.14. The standard InChI is InChI=1S/C11H15ClN2O2/c1-8(13-2)3-4-9-5-6-10(12)7-11(9)14(15)16/h5-8,13H,3-4H2,1-2H3. The Kier molecular flexibility index (Phi) is 4.71. The second-order valence-electron chi connectivity index (χ2n) is 3.76. The second-order valence-corrected chi connectivity index (χ2v) is 4.19. The average Bonchev–Trinajstić information content (AvgIpc) is 2.26. The second kappa shape index (κ2) is 5.82. The number of benzene rings is 1. The van der Waals surface area contributed by atoms with E-state index in [9.17, 15) is 10.1 Å². The van der Waals surface area contributed by atoms with E-state index in [0.29, 0.717) is 17.5 Å². The van der Waals surface area contributed by atoms with Gasteiger partial charge in [0.25, 0.3) is 5.69 Å². The van der Waals surface area contributed by atoms with Crippen molar-refractivity contribution < 1.29 is 4.92 Å². The molecule has 0 aromatic heterocycles. The van der Waals surface area contributed by atoms with Gasteiger partial charge < -0.3 is 5.32 Å². The van der Waals surface area contributed by atoms with Crippen LogP contribution in [0, 0.1) is 10.1 Å². The van der Waals surface area contributed by atoms with Crippen LogP contribution in [0.4, 0.5) is 5.69 Å². The van der Waals surface area contributed by atoms with Crippen LogP contribution in [0.25, 0.3) is 0 Å². The summed E-state index contributed by atoms with van der Waals surface area (Å²) in [5.41, 5.74) is 0.840. The molecule has 1 rings (SSSR count). The zero-order valence-electron chi connectivity index (χ0n) is 9.37. The van der Waals surface area contributed by atoms with Gasteiger partial charge in [0.2, 0.25) is 0 Å². The van der Waals surface area contributed by atoms with E-state index in [2.05, 4.69) is 5.32 Å². The Morgan fingerprint density at radius 1 is 1.56 bits per heavy atom. The van der Waals surface area contributed by atoms with E-state index in [1.165, 1.54) is 6.07 Å². The van der Waals surface area contributed by atoms with Gasteiger partial charge in [0.1, 0.15) is 0 Å². The highest BCUT2D eigenvalue weighted by molar-refractivity contribution is 6.30. The van der Waals surface area contributed by atoms with Crippen LogP contribution in [0.5, 0.6) is 0 Å². The van der Waals surface area contributed by atoms with Crippen molar-refractivity contribution in [1.29, 1.82) is 0 Å². The Labute approximate surface area is 99.8 Å². The predicted molar refractivity (Wildman–Crippen MR) is 64.9 cm³/mol. The number of halogens is 1. The van der Waals surface area contributed by atoms with Gasteiger partial charge in [-0.2, -0.15) is 0 Å². The molecule has 0 amide bonds. The molecule has 1 N–H and O–H groups in total. The number of aryl methyl sites for hydroxylation is 1. The first-order valence-corrected chi connectivity index (χ1v) is 5.52. The van der Waals surface area contributed by atoms with Gasteiger partial charge in [0.05, 0.1) is 4.92 Å². The molecule has 0 aliphatic heterocycles. The summed E-state index contributed by atoms with van der Waals surface area (Å²) in [4.78, 5) is 10.4. The lowest BCUT2D eigenvalue weighted by Gasteiger charge is -2.09. The van der Waals surface area contributed by atoms with Crippen LogP contribution in [-0.2, 0) is 6.42 Å². The zero-order valence-corrected chi connectivity index (χ0v) is 10.1. The van der Waals surface area contributed by atoms with Crippen molar-refractivity contribution >= 4 is 17.3 Å². The van der Waals surface area contributed by atoms with Gasteiger partial charge in [-0.05, 0) is 32.9 Å². The van der Waals surface area contributed by atoms with Gasteiger partial charge in [0.15, 0.2) is 0 Å². The summed E-state index contributed by atoms with van der Waals surface area (Å²) in [6, 6.07) is 5.16. The third kappa shape index (κ3) is 3.47. The number of nitro benzene ring substituents is 1. The third-order valence-corrected chi connectivity index (χ3v) is 2.82. The van der Waals surface area contributed by atoms with E-state index in [1.54, 1.807) is 12.1 Å². The molecule has 0 bridgehead atoms. The SMILES string of the molecule is CNC(C)CCc1ccc(Cl)cc1[N+](=O)[O-]. The quantitative estimate of drug-likeness (QED) is 0.638. The fraction of sp³-hybridized carbons (Fsp3) is 0.455. The molecule has 1 unspecified atom stereocenters. The van der Waals surface area contributed by atoms with Crippen molar-refractivity contribution in [2.45, 2.75) is 25.8 Å². The van der Waals surface area contributed by atoms with Crippen LogP contribution in [0.15, 0.2) is 18.2 Å². The molecule has 0 aliphatic rings. The first-order valence-electron chi connectivity index (χ1n) is 5.14. The molecule has 1 aromatic carbocycles. The van der Waals surface area contributed by atoms with Crippen molar-refractivity contribution in [2.24, 2.45) is 0 Å². The summed E-state index contributed by atoms with van der Waals surface area (Å²) in [7, 11) is 1.88. The molecule has 0 saturated carbocycles. The number of nitro groups is 1. The molecule has 0 radical (unpaired) electrons. The molecule has 0 aliphatic carbocycles. The number of nitrogens with one attached hydrogen (secondary N) is 1. The van der Waals surface area contributed by atoms with Gasteiger partial charge in [-0.15, -0.1) is 0 Å². The lowest BCUT2D eigenvalue weighted by atomic mass is 10.0. The summed E-state index contributed by atoms with van der Waals surface area (Å²) in [6.45, 7) is 2.04. The topological polar surface area (TPSA) is 55.2 Å². The maximum absolute atomic E-state index is 10.8. The molecule has 0 heterocycles. The fourth-order valence-electron chi connectivity index (χ4n) is 1.43. The molecule has 0 spiro atoms. The molecule has 1 atom stereocenters. The Morgan fingerprint density at radius 2 is 2.25 bits per heavy atom. The van der Waals surface area contributed by atoms with Gasteiger partial charge in [-0.3, -0.25) is 10.1 Å². The summed E-state index contributed by atoms with van der Waals surface area (Å²) in [6.07, 6.45) is 1.54. The van der Waals surface area contributed by atoms with Crippen LogP contribution in [0.3, 0.4) is 0 Å². The molecule has 16 heavy (non-hydrogen) atoms. The van der Waals surface area contributed by atoms with Gasteiger partial charge in [-0.25, -0.2) is 0 Å². The number of hydrogen-bond acceptors (Lipinski definition) is 3. The summed E-state index contributed by atoms with van der Waals surface area (Å²) >= 11 is 5.73. The van der Waals surface area contributed by atoms with E-state index in [4.69, 9.17) is 11.6 Å². The minimum absolute atomic E-state index is 0.107. The van der Waals surface area contributed by atoms with Gasteiger partial charge in [0, 0.05) is 22.7 Å². The number of nitrogens with zero attached hydrogens (tertiary/aromatic N) is 1. The molecular formula is C11H15ClN2O2. The van der Waals surface area contributed by atoms with E-state index >= 15 is 0 Å². The highest BCUT2D eigenvalue weighted by atomic mass is 35.5. The van der Waals surface area contributed by atoms with Crippen LogP contribution in [-0.4, -0.2) is 18.0 Å². The lowest BCUT2D eigenvalue weighted by molar-refractivity contribution is -0.385. The highest BCUT2D eigenvalue weighted by Crippen LogP contribution is 2.24. The number of hydrogen-bond donors (Lipinski definition) is 1. The molecule has 88 valence electrons. The first kappa shape index (κ1) is 12.9. The van der Waals surface area contributed by atoms with E-state index < -0.39 is 0 Å². The van der Waals surface area contributed by atoms with Crippen LogP contribution >= 0.6 is 11.6 Å². The Morgan fingerprint density at radius 3 is 2.81 bits per heavy atom. The molecular weight excluding hydrogens is 228 g/mol. The van der Waals surface area contributed by atoms with Crippen LogP contribution < -0.4 is 5.32 Å².